The molecule has 4 nitrogen and oxygen atoms in total. The highest BCUT2D eigenvalue weighted by Crippen LogP contribution is 2.09. The number of hydrogen-bond acceptors (Lipinski definition) is 3. The number of carboxylic acids is 1. The standard InChI is InChI=1S/C5H7NO3/c7-4-2-1-3(6-4)5(8)9/h3H,1-2H2,(H,6,7)(H,8,9)/p-1/t3-/m1/s1. The van der Waals surface area contributed by atoms with Gasteiger partial charge in [0.1, 0.15) is 6.04 Å². The van der Waals surface area contributed by atoms with E-state index in [9.17, 15) is 9.90 Å². The molecule has 0 unspecified atom stereocenters. The highest BCUT2D eigenvalue weighted by molar-refractivity contribution is 5.83. The number of aliphatic carboxylic acids is 1. The second-order valence-corrected chi connectivity index (χ2v) is 1.92. The van der Waals surface area contributed by atoms with Gasteiger partial charge in [-0.1, -0.05) is 0 Å². The molecule has 1 atom stereocenters. The summed E-state index contributed by atoms with van der Waals surface area (Å²) in [5, 5.41) is 18.6. The molecule has 0 aromatic rings. The zero-order chi connectivity index (χ0) is 6.85. The summed E-state index contributed by atoms with van der Waals surface area (Å²) >= 11 is 0. The maximum absolute atomic E-state index is 10.3. The van der Waals surface area contributed by atoms with E-state index in [4.69, 9.17) is 5.11 Å². The van der Waals surface area contributed by atoms with Gasteiger partial charge in [0.2, 0.25) is 0 Å². The lowest BCUT2D eigenvalue weighted by Gasteiger charge is -1.97. The molecule has 1 aliphatic heterocycles. The van der Waals surface area contributed by atoms with Crippen molar-refractivity contribution in [2.45, 2.75) is 18.9 Å². The van der Waals surface area contributed by atoms with Crippen molar-refractivity contribution in [2.24, 2.45) is 4.99 Å². The smallest absolute Gasteiger partial charge is 0.328 e. The quantitative estimate of drug-likeness (QED) is 0.491. The minimum atomic E-state index is -0.999. The van der Waals surface area contributed by atoms with Gasteiger partial charge in [0.25, 0.3) is 0 Å². The zero-order valence-electron chi connectivity index (χ0n) is 4.70. The van der Waals surface area contributed by atoms with Gasteiger partial charge in [0.15, 0.2) is 0 Å². The van der Waals surface area contributed by atoms with Crippen molar-refractivity contribution >= 4 is 11.9 Å². The van der Waals surface area contributed by atoms with Crippen molar-refractivity contribution in [3.63, 3.8) is 0 Å². The maximum atomic E-state index is 10.3. The molecule has 0 radical (unpaired) electrons. The third kappa shape index (κ3) is 1.19. The van der Waals surface area contributed by atoms with Gasteiger partial charge in [0, 0.05) is 0 Å². The minimum Gasteiger partial charge on any atom is -0.862 e. The molecule has 1 heterocycles. The minimum absolute atomic E-state index is 0.289. The van der Waals surface area contributed by atoms with Gasteiger partial charge in [-0.3, -0.25) is 4.99 Å². The average molecular weight is 128 g/mol. The molecule has 1 N–H and O–H groups in total. The monoisotopic (exact) mass is 128 g/mol. The highest BCUT2D eigenvalue weighted by Gasteiger charge is 2.18. The largest absolute Gasteiger partial charge is 0.862 e. The van der Waals surface area contributed by atoms with Gasteiger partial charge < -0.3 is 10.2 Å². The molecule has 0 saturated heterocycles. The van der Waals surface area contributed by atoms with Crippen LogP contribution in [-0.2, 0) is 4.79 Å². The highest BCUT2D eigenvalue weighted by atomic mass is 16.4. The molecule has 9 heavy (non-hydrogen) atoms. The SMILES string of the molecule is O=C(O)[C@H]1CCC([O-])=N1. The van der Waals surface area contributed by atoms with Crippen LogP contribution in [0.3, 0.4) is 0 Å². The first-order valence-corrected chi connectivity index (χ1v) is 2.66. The molecule has 0 spiro atoms. The van der Waals surface area contributed by atoms with Gasteiger partial charge in [0.05, 0.1) is 0 Å². The van der Waals surface area contributed by atoms with Gasteiger partial charge in [-0.2, -0.15) is 0 Å². The number of aliphatic imine (C=N–C) groups is 1. The predicted octanol–water partition coefficient (Wildman–Crippen LogP) is -1.01. The van der Waals surface area contributed by atoms with Crippen LogP contribution in [0.2, 0.25) is 0 Å². The van der Waals surface area contributed by atoms with Gasteiger partial charge in [-0.05, 0) is 18.7 Å². The third-order valence-corrected chi connectivity index (χ3v) is 1.22. The molecule has 0 aliphatic carbocycles. The lowest BCUT2D eigenvalue weighted by atomic mass is 10.2. The summed E-state index contributed by atoms with van der Waals surface area (Å²) in [6, 6.07) is -0.766. The summed E-state index contributed by atoms with van der Waals surface area (Å²) in [5.74, 6) is -1.29. The molecule has 0 saturated carbocycles. The van der Waals surface area contributed by atoms with Crippen molar-refractivity contribution in [3.05, 3.63) is 0 Å². The first kappa shape index (κ1) is 6.07. The normalized spacial score (nSPS) is 25.8. The van der Waals surface area contributed by atoms with Crippen LogP contribution in [0.1, 0.15) is 12.8 Å². The van der Waals surface area contributed by atoms with Crippen LogP contribution >= 0.6 is 0 Å². The molecule has 0 amide bonds. The Labute approximate surface area is 51.8 Å². The number of hydrogen-bond donors (Lipinski definition) is 1. The summed E-state index contributed by atoms with van der Waals surface area (Å²) in [4.78, 5) is 13.5. The molecular weight excluding hydrogens is 122 g/mol. The molecule has 0 bridgehead atoms. The topological polar surface area (TPSA) is 72.7 Å². The van der Waals surface area contributed by atoms with Crippen molar-refractivity contribution < 1.29 is 15.0 Å². The maximum Gasteiger partial charge on any atom is 0.328 e. The Kier molecular flexibility index (Phi) is 1.38. The van der Waals surface area contributed by atoms with Crippen molar-refractivity contribution in [1.82, 2.24) is 0 Å². The zero-order valence-corrected chi connectivity index (χ0v) is 4.70. The van der Waals surface area contributed by atoms with Crippen LogP contribution in [0, 0.1) is 0 Å². The number of nitrogens with zero attached hydrogens (tertiary/aromatic N) is 1. The summed E-state index contributed by atoms with van der Waals surface area (Å²) in [6.45, 7) is 0. The Morgan fingerprint density at radius 2 is 2.56 bits per heavy atom. The Morgan fingerprint density at radius 3 is 2.78 bits per heavy atom. The average Bonchev–Trinajstić information content (AvgIpc) is 2.14. The van der Waals surface area contributed by atoms with E-state index in [1.165, 1.54) is 0 Å². The molecule has 0 aromatic heterocycles. The van der Waals surface area contributed by atoms with Gasteiger partial charge in [-0.25, -0.2) is 4.79 Å². The van der Waals surface area contributed by atoms with Crippen LogP contribution in [-0.4, -0.2) is 23.0 Å². The Balaban J connectivity index is 2.57. The molecule has 50 valence electrons. The van der Waals surface area contributed by atoms with Crippen molar-refractivity contribution in [3.8, 4) is 0 Å². The second-order valence-electron chi connectivity index (χ2n) is 1.92. The first-order chi connectivity index (χ1) is 4.20. The molecule has 1 rings (SSSR count). The number of carboxylic acid groups (broad SMARTS) is 1. The molecule has 1 aliphatic rings. The molecule has 0 aromatic carbocycles. The van der Waals surface area contributed by atoms with E-state index in [2.05, 4.69) is 4.99 Å². The van der Waals surface area contributed by atoms with E-state index < -0.39 is 12.0 Å². The molecule has 4 heteroatoms. The lowest BCUT2D eigenvalue weighted by molar-refractivity contribution is -0.217. The van der Waals surface area contributed by atoms with Crippen LogP contribution in [0.15, 0.2) is 4.99 Å². The lowest BCUT2D eigenvalue weighted by Crippen LogP contribution is -2.15. The van der Waals surface area contributed by atoms with Crippen LogP contribution in [0.25, 0.3) is 0 Å². The molecular formula is C5H6NO3-. The van der Waals surface area contributed by atoms with Crippen LogP contribution < -0.4 is 5.11 Å². The predicted molar refractivity (Wildman–Crippen MR) is 28.1 cm³/mol. The second kappa shape index (κ2) is 2.05. The summed E-state index contributed by atoms with van der Waals surface area (Å²) < 4.78 is 0. The van der Waals surface area contributed by atoms with Crippen LogP contribution in [0.5, 0.6) is 0 Å². The fraction of sp³-hybridized carbons (Fsp3) is 0.600. The molecule has 0 fully saturated rings. The van der Waals surface area contributed by atoms with Crippen LogP contribution in [0.4, 0.5) is 0 Å². The van der Waals surface area contributed by atoms with E-state index in [-0.39, 0.29) is 12.3 Å². The Bertz CT molecular complexity index is 164. The summed E-state index contributed by atoms with van der Waals surface area (Å²) in [7, 11) is 0. The Hall–Kier alpha value is -1.06. The van der Waals surface area contributed by atoms with E-state index >= 15 is 0 Å². The van der Waals surface area contributed by atoms with E-state index in [1.54, 1.807) is 0 Å². The number of carbonyl (C=O) groups is 1. The van der Waals surface area contributed by atoms with E-state index in [0.717, 1.165) is 0 Å². The fourth-order valence-electron chi connectivity index (χ4n) is 0.742. The van der Waals surface area contributed by atoms with E-state index in [1.807, 2.05) is 0 Å². The van der Waals surface area contributed by atoms with Crippen molar-refractivity contribution in [2.75, 3.05) is 0 Å². The third-order valence-electron chi connectivity index (χ3n) is 1.22. The summed E-state index contributed by atoms with van der Waals surface area (Å²) in [5.41, 5.74) is 0. The summed E-state index contributed by atoms with van der Waals surface area (Å²) in [6.07, 6.45) is 0.658. The first-order valence-electron chi connectivity index (χ1n) is 2.66. The van der Waals surface area contributed by atoms with E-state index in [0.29, 0.717) is 6.42 Å². The number of rotatable bonds is 1. The Morgan fingerprint density at radius 1 is 1.89 bits per heavy atom. The fourth-order valence-corrected chi connectivity index (χ4v) is 0.742. The van der Waals surface area contributed by atoms with Crippen molar-refractivity contribution in [1.29, 1.82) is 0 Å². The van der Waals surface area contributed by atoms with Gasteiger partial charge >= 0.3 is 5.97 Å². The van der Waals surface area contributed by atoms with Gasteiger partial charge in [-0.15, -0.1) is 0 Å².